The second-order valence-electron chi connectivity index (χ2n) is 8.06. The number of nitrogens with zero attached hydrogens (tertiary/aromatic N) is 1. The highest BCUT2D eigenvalue weighted by Crippen LogP contribution is 2.60. The van der Waals surface area contributed by atoms with E-state index in [-0.39, 0.29) is 17.7 Å². The van der Waals surface area contributed by atoms with Gasteiger partial charge in [-0.2, -0.15) is 0 Å². The summed E-state index contributed by atoms with van der Waals surface area (Å²) in [5, 5.41) is 0. The predicted molar refractivity (Wildman–Crippen MR) is 115 cm³/mol. The van der Waals surface area contributed by atoms with Crippen LogP contribution in [0.1, 0.15) is 28.5 Å². The molecule has 0 N–H and O–H groups in total. The molecule has 1 fully saturated rings. The molecule has 150 valence electrons. The van der Waals surface area contributed by atoms with Crippen molar-refractivity contribution < 1.29 is 14.3 Å². The molecule has 1 aliphatic carbocycles. The summed E-state index contributed by atoms with van der Waals surface area (Å²) in [5.74, 6) is -1.20. The third-order valence-electron chi connectivity index (χ3n) is 6.71. The van der Waals surface area contributed by atoms with E-state index in [0.717, 1.165) is 27.8 Å². The topological polar surface area (TPSA) is 46.6 Å². The van der Waals surface area contributed by atoms with E-state index in [0.29, 0.717) is 6.61 Å². The Bertz CT molecular complexity index is 1140. The van der Waals surface area contributed by atoms with Gasteiger partial charge in [0.15, 0.2) is 0 Å². The van der Waals surface area contributed by atoms with Crippen molar-refractivity contribution in [2.75, 3.05) is 20.8 Å². The Labute approximate surface area is 176 Å². The standard InChI is InChI=1S/C26H23NO3/c1-27-24(28)23-20-14-7-6-12-18(20)19-13-8-9-15-21(19)26(23,25(27)29)22(16-30-2)17-10-4-3-5-11-17/h3-15,22-23H,16H2,1-2H3. The van der Waals surface area contributed by atoms with E-state index in [2.05, 4.69) is 6.07 Å². The average Bonchev–Trinajstić information content (AvgIpc) is 3.00. The molecule has 4 heteroatoms. The molecule has 3 unspecified atom stereocenters. The van der Waals surface area contributed by atoms with Gasteiger partial charge in [0.25, 0.3) is 0 Å². The summed E-state index contributed by atoms with van der Waals surface area (Å²) < 4.78 is 5.65. The molecular weight excluding hydrogens is 374 g/mol. The molecule has 1 heterocycles. The smallest absolute Gasteiger partial charge is 0.241 e. The number of amides is 2. The van der Waals surface area contributed by atoms with Crippen molar-refractivity contribution in [1.82, 2.24) is 4.90 Å². The lowest BCUT2D eigenvalue weighted by molar-refractivity contribution is -0.138. The summed E-state index contributed by atoms with van der Waals surface area (Å²) in [5.41, 5.74) is 3.80. The monoisotopic (exact) mass is 397 g/mol. The maximum Gasteiger partial charge on any atom is 0.241 e. The molecule has 2 aliphatic rings. The second kappa shape index (κ2) is 6.92. The number of carbonyl (C=O) groups is 2. The summed E-state index contributed by atoms with van der Waals surface area (Å²) >= 11 is 0. The molecule has 4 nitrogen and oxygen atoms in total. The second-order valence-corrected chi connectivity index (χ2v) is 8.06. The van der Waals surface area contributed by atoms with E-state index in [1.54, 1.807) is 14.2 Å². The van der Waals surface area contributed by atoms with Crippen LogP contribution in [0.3, 0.4) is 0 Å². The Morgan fingerprint density at radius 1 is 0.900 bits per heavy atom. The summed E-state index contributed by atoms with van der Waals surface area (Å²) in [7, 11) is 3.25. The van der Waals surface area contributed by atoms with Crippen molar-refractivity contribution in [1.29, 1.82) is 0 Å². The van der Waals surface area contributed by atoms with Crippen LogP contribution in [0.4, 0.5) is 0 Å². The van der Waals surface area contributed by atoms with Gasteiger partial charge in [0.2, 0.25) is 11.8 Å². The van der Waals surface area contributed by atoms with Crippen molar-refractivity contribution in [3.63, 3.8) is 0 Å². The van der Waals surface area contributed by atoms with Gasteiger partial charge in [-0.25, -0.2) is 0 Å². The van der Waals surface area contributed by atoms with Crippen LogP contribution >= 0.6 is 0 Å². The number of fused-ring (bicyclic) bond motifs is 6. The summed E-state index contributed by atoms with van der Waals surface area (Å²) in [6, 6.07) is 25.9. The summed E-state index contributed by atoms with van der Waals surface area (Å²) in [6.45, 7) is 0.337. The zero-order chi connectivity index (χ0) is 20.9. The van der Waals surface area contributed by atoms with Gasteiger partial charge in [0.05, 0.1) is 17.9 Å². The van der Waals surface area contributed by atoms with Gasteiger partial charge in [0.1, 0.15) is 0 Å². The Kier molecular flexibility index (Phi) is 4.33. The highest BCUT2D eigenvalue weighted by molar-refractivity contribution is 6.16. The number of rotatable bonds is 4. The van der Waals surface area contributed by atoms with E-state index >= 15 is 0 Å². The first-order valence-corrected chi connectivity index (χ1v) is 10.2. The number of methoxy groups -OCH3 is 1. The molecule has 0 spiro atoms. The minimum absolute atomic E-state index is 0.154. The molecule has 5 rings (SSSR count). The van der Waals surface area contributed by atoms with Crippen LogP contribution in [-0.2, 0) is 19.7 Å². The van der Waals surface area contributed by atoms with Crippen LogP contribution in [0.15, 0.2) is 78.9 Å². The van der Waals surface area contributed by atoms with Crippen molar-refractivity contribution in [3.8, 4) is 11.1 Å². The molecule has 0 saturated carbocycles. The lowest BCUT2D eigenvalue weighted by atomic mass is 9.55. The Balaban J connectivity index is 1.90. The third kappa shape index (κ3) is 2.31. The maximum absolute atomic E-state index is 14.0. The van der Waals surface area contributed by atoms with Crippen LogP contribution in [-0.4, -0.2) is 37.5 Å². The number of benzene rings is 3. The van der Waals surface area contributed by atoms with Gasteiger partial charge >= 0.3 is 0 Å². The zero-order valence-corrected chi connectivity index (χ0v) is 17.0. The lowest BCUT2D eigenvalue weighted by Gasteiger charge is -2.44. The average molecular weight is 397 g/mol. The first-order valence-electron chi connectivity index (χ1n) is 10.2. The van der Waals surface area contributed by atoms with E-state index in [1.165, 1.54) is 4.90 Å². The molecule has 1 aliphatic heterocycles. The molecule has 0 aromatic heterocycles. The van der Waals surface area contributed by atoms with E-state index in [1.807, 2.05) is 72.8 Å². The minimum Gasteiger partial charge on any atom is -0.384 e. The highest BCUT2D eigenvalue weighted by Gasteiger charge is 2.66. The largest absolute Gasteiger partial charge is 0.384 e. The quantitative estimate of drug-likeness (QED) is 0.622. The SMILES string of the molecule is COCC(c1ccccc1)C12C(=O)N(C)C(=O)C1c1ccccc1-c1ccccc12. The molecule has 0 bridgehead atoms. The fraction of sp³-hybridized carbons (Fsp3) is 0.231. The maximum atomic E-state index is 14.0. The number of ether oxygens (including phenoxy) is 1. The first-order chi connectivity index (χ1) is 14.6. The summed E-state index contributed by atoms with van der Waals surface area (Å²) in [4.78, 5) is 28.8. The van der Waals surface area contributed by atoms with Crippen molar-refractivity contribution in [2.45, 2.75) is 17.3 Å². The van der Waals surface area contributed by atoms with Gasteiger partial charge in [-0.15, -0.1) is 0 Å². The van der Waals surface area contributed by atoms with Gasteiger partial charge in [-0.3, -0.25) is 14.5 Å². The molecule has 3 atom stereocenters. The highest BCUT2D eigenvalue weighted by atomic mass is 16.5. The number of carbonyl (C=O) groups excluding carboxylic acids is 2. The Morgan fingerprint density at radius 3 is 2.27 bits per heavy atom. The van der Waals surface area contributed by atoms with Gasteiger partial charge < -0.3 is 4.74 Å². The summed E-state index contributed by atoms with van der Waals surface area (Å²) in [6.07, 6.45) is 0. The van der Waals surface area contributed by atoms with E-state index < -0.39 is 11.3 Å². The molecule has 2 amide bonds. The van der Waals surface area contributed by atoms with Crippen LogP contribution < -0.4 is 0 Å². The zero-order valence-electron chi connectivity index (χ0n) is 17.0. The van der Waals surface area contributed by atoms with Gasteiger partial charge in [-0.1, -0.05) is 78.9 Å². The number of likely N-dealkylation sites (N-methyl/N-ethyl adjacent to an activating group) is 1. The minimum atomic E-state index is -1.05. The fourth-order valence-corrected chi connectivity index (χ4v) is 5.49. The lowest BCUT2D eigenvalue weighted by Crippen LogP contribution is -2.48. The number of imide groups is 1. The molecule has 3 aromatic carbocycles. The molecule has 0 radical (unpaired) electrons. The van der Waals surface area contributed by atoms with E-state index in [9.17, 15) is 9.59 Å². The predicted octanol–water partition coefficient (Wildman–Crippen LogP) is 4.12. The van der Waals surface area contributed by atoms with Crippen molar-refractivity contribution in [3.05, 3.63) is 95.6 Å². The number of likely N-dealkylation sites (tertiary alicyclic amines) is 1. The fourth-order valence-electron chi connectivity index (χ4n) is 5.49. The van der Waals surface area contributed by atoms with Crippen molar-refractivity contribution in [2.24, 2.45) is 0 Å². The third-order valence-corrected chi connectivity index (χ3v) is 6.71. The van der Waals surface area contributed by atoms with Crippen LogP contribution in [0.2, 0.25) is 0 Å². The number of hydrogen-bond acceptors (Lipinski definition) is 3. The van der Waals surface area contributed by atoms with Gasteiger partial charge in [-0.05, 0) is 27.8 Å². The Morgan fingerprint density at radius 2 is 1.53 bits per heavy atom. The van der Waals surface area contributed by atoms with Crippen LogP contribution in [0, 0.1) is 0 Å². The molecule has 30 heavy (non-hydrogen) atoms. The first kappa shape index (κ1) is 18.8. The molecule has 1 saturated heterocycles. The molecule has 3 aromatic rings. The van der Waals surface area contributed by atoms with Crippen molar-refractivity contribution >= 4 is 11.8 Å². The Hall–Kier alpha value is -3.24. The normalized spacial score (nSPS) is 23.0. The van der Waals surface area contributed by atoms with E-state index in [4.69, 9.17) is 4.74 Å². The number of hydrogen-bond donors (Lipinski definition) is 0. The molecular formula is C26H23NO3. The van der Waals surface area contributed by atoms with Crippen LogP contribution in [0.5, 0.6) is 0 Å². The van der Waals surface area contributed by atoms with Gasteiger partial charge in [0, 0.05) is 20.1 Å². The van der Waals surface area contributed by atoms with Crippen LogP contribution in [0.25, 0.3) is 11.1 Å².